The summed E-state index contributed by atoms with van der Waals surface area (Å²) in [6.45, 7) is 1.92. The molecule has 0 radical (unpaired) electrons. The molecule has 0 amide bonds. The highest BCUT2D eigenvalue weighted by atomic mass is 32.2. The highest BCUT2D eigenvalue weighted by Crippen LogP contribution is 2.31. The Morgan fingerprint density at radius 2 is 2.23 bits per heavy atom. The lowest BCUT2D eigenvalue weighted by Gasteiger charge is -2.34. The molecule has 0 spiro atoms. The number of hydrogen-bond donors (Lipinski definition) is 2. The number of nitrogens with zero attached hydrogens (tertiary/aromatic N) is 2. The van der Waals surface area contributed by atoms with Gasteiger partial charge in [-0.1, -0.05) is 11.6 Å². The zero-order valence-electron chi connectivity index (χ0n) is 12.5. The van der Waals surface area contributed by atoms with Gasteiger partial charge in [0.2, 0.25) is 0 Å². The third-order valence-electron chi connectivity index (χ3n) is 3.90. The molecular formula is C13H21N3O5S. The summed E-state index contributed by atoms with van der Waals surface area (Å²) in [5.41, 5.74) is 5.63. The second-order valence-corrected chi connectivity index (χ2v) is 7.33. The molecule has 1 unspecified atom stereocenters. The number of sulfonamides is 1. The average molecular weight is 331 g/mol. The van der Waals surface area contributed by atoms with Gasteiger partial charge in [-0.3, -0.25) is 4.79 Å². The fourth-order valence-corrected chi connectivity index (χ4v) is 4.79. The van der Waals surface area contributed by atoms with Gasteiger partial charge >= 0.3 is 5.97 Å². The van der Waals surface area contributed by atoms with Crippen molar-refractivity contribution in [1.82, 2.24) is 9.46 Å². The molecule has 8 nitrogen and oxygen atoms in total. The number of aryl methyl sites for hydroxylation is 1. The summed E-state index contributed by atoms with van der Waals surface area (Å²) in [7, 11) is -3.78. The number of aliphatic carboxylic acids is 1. The molecule has 0 aliphatic carbocycles. The van der Waals surface area contributed by atoms with Gasteiger partial charge in [0.25, 0.3) is 10.0 Å². The number of rotatable bonds is 6. The zero-order valence-corrected chi connectivity index (χ0v) is 13.3. The monoisotopic (exact) mass is 331 g/mol. The maximum atomic E-state index is 12.8. The van der Waals surface area contributed by atoms with Crippen LogP contribution in [0.15, 0.2) is 9.42 Å². The topological polar surface area (TPSA) is 127 Å². The van der Waals surface area contributed by atoms with Crippen LogP contribution in [0.2, 0.25) is 0 Å². The molecule has 1 aromatic heterocycles. The second-order valence-electron chi connectivity index (χ2n) is 5.50. The maximum absolute atomic E-state index is 12.8. The predicted octanol–water partition coefficient (Wildman–Crippen LogP) is 1.36. The van der Waals surface area contributed by atoms with E-state index in [1.807, 2.05) is 0 Å². The van der Waals surface area contributed by atoms with E-state index in [1.54, 1.807) is 0 Å². The minimum Gasteiger partial charge on any atom is -0.481 e. The number of carbonyl (C=O) groups is 1. The van der Waals surface area contributed by atoms with E-state index >= 15 is 0 Å². The van der Waals surface area contributed by atoms with Gasteiger partial charge in [-0.05, 0) is 32.6 Å². The molecule has 1 aromatic rings. The normalized spacial score (nSPS) is 20.1. The Morgan fingerprint density at radius 3 is 2.82 bits per heavy atom. The number of hydrogen-bond acceptors (Lipinski definition) is 6. The molecule has 1 atom stereocenters. The molecule has 22 heavy (non-hydrogen) atoms. The van der Waals surface area contributed by atoms with Crippen LogP contribution in [-0.2, 0) is 14.8 Å². The predicted molar refractivity (Wildman–Crippen MR) is 78.7 cm³/mol. The van der Waals surface area contributed by atoms with Gasteiger partial charge < -0.3 is 15.4 Å². The maximum Gasteiger partial charge on any atom is 0.303 e. The van der Waals surface area contributed by atoms with Crippen molar-refractivity contribution in [3.05, 3.63) is 5.76 Å². The Morgan fingerprint density at radius 1 is 1.50 bits per heavy atom. The Bertz CT molecular complexity index is 621. The number of nitrogens with two attached hydrogens (primary N) is 1. The number of anilines is 1. The highest BCUT2D eigenvalue weighted by Gasteiger charge is 2.37. The van der Waals surface area contributed by atoms with E-state index in [1.165, 1.54) is 11.2 Å². The standard InChI is InChI=1S/C13H21N3O5S/c1-9-12(13(14)15-21-9)22(19,20)16-8-3-2-5-10(16)6-4-7-11(17)18/h10H,2-8H2,1H3,(H2,14,15)(H,17,18). The minimum absolute atomic E-state index is 0.0405. The van der Waals surface area contributed by atoms with E-state index in [2.05, 4.69) is 5.16 Å². The first-order valence-corrected chi connectivity index (χ1v) is 8.73. The van der Waals surface area contributed by atoms with Crippen LogP contribution in [-0.4, -0.2) is 41.5 Å². The molecule has 1 aliphatic heterocycles. The lowest BCUT2D eigenvalue weighted by molar-refractivity contribution is -0.137. The molecule has 3 N–H and O–H groups in total. The van der Waals surface area contributed by atoms with E-state index in [0.717, 1.165) is 19.3 Å². The van der Waals surface area contributed by atoms with E-state index in [-0.39, 0.29) is 28.9 Å². The SMILES string of the molecule is Cc1onc(N)c1S(=O)(=O)N1CCCCC1CCCC(=O)O. The zero-order chi connectivity index (χ0) is 16.3. The molecule has 0 bridgehead atoms. The number of carboxylic acids is 1. The third-order valence-corrected chi connectivity index (χ3v) is 6.01. The van der Waals surface area contributed by atoms with Crippen LogP contribution < -0.4 is 5.73 Å². The van der Waals surface area contributed by atoms with Crippen molar-refractivity contribution in [2.75, 3.05) is 12.3 Å². The molecule has 9 heteroatoms. The first-order chi connectivity index (χ1) is 10.3. The molecule has 0 saturated carbocycles. The quantitative estimate of drug-likeness (QED) is 0.805. The molecule has 2 rings (SSSR count). The number of aromatic nitrogens is 1. The van der Waals surface area contributed by atoms with Crippen LogP contribution >= 0.6 is 0 Å². The van der Waals surface area contributed by atoms with E-state index in [0.29, 0.717) is 19.4 Å². The number of carboxylic acid groups (broad SMARTS) is 1. The summed E-state index contributed by atoms with van der Waals surface area (Å²) < 4.78 is 31.9. The van der Waals surface area contributed by atoms with Gasteiger partial charge in [0.05, 0.1) is 0 Å². The Labute approximate surface area is 129 Å². The van der Waals surface area contributed by atoms with Gasteiger partial charge in [0.1, 0.15) is 0 Å². The first kappa shape index (κ1) is 16.8. The molecule has 124 valence electrons. The van der Waals surface area contributed by atoms with E-state index in [9.17, 15) is 13.2 Å². The van der Waals surface area contributed by atoms with Gasteiger partial charge in [0, 0.05) is 19.0 Å². The van der Waals surface area contributed by atoms with Gasteiger partial charge in [0.15, 0.2) is 16.5 Å². The lowest BCUT2D eigenvalue weighted by atomic mass is 10.00. The van der Waals surface area contributed by atoms with Crippen molar-refractivity contribution in [1.29, 1.82) is 0 Å². The fraction of sp³-hybridized carbons (Fsp3) is 0.692. The van der Waals surface area contributed by atoms with Crippen molar-refractivity contribution in [3.63, 3.8) is 0 Å². The summed E-state index contributed by atoms with van der Waals surface area (Å²) in [6.07, 6.45) is 3.45. The van der Waals surface area contributed by atoms with Crippen molar-refractivity contribution >= 4 is 21.8 Å². The van der Waals surface area contributed by atoms with E-state index in [4.69, 9.17) is 15.4 Å². The molecule has 1 fully saturated rings. The van der Waals surface area contributed by atoms with Crippen LogP contribution in [0.3, 0.4) is 0 Å². The lowest BCUT2D eigenvalue weighted by Crippen LogP contribution is -2.43. The highest BCUT2D eigenvalue weighted by molar-refractivity contribution is 7.89. The minimum atomic E-state index is -3.78. The second kappa shape index (κ2) is 6.66. The summed E-state index contributed by atoms with van der Waals surface area (Å²) in [4.78, 5) is 10.6. The molecular weight excluding hydrogens is 310 g/mol. The van der Waals surface area contributed by atoms with Crippen LogP contribution in [0.25, 0.3) is 0 Å². The largest absolute Gasteiger partial charge is 0.481 e. The number of nitrogen functional groups attached to an aromatic ring is 1. The third kappa shape index (κ3) is 3.41. The fourth-order valence-electron chi connectivity index (χ4n) is 2.88. The van der Waals surface area contributed by atoms with E-state index < -0.39 is 16.0 Å². The Balaban J connectivity index is 2.21. The van der Waals surface area contributed by atoms with Crippen LogP contribution in [0.4, 0.5) is 5.82 Å². The van der Waals surface area contributed by atoms with Crippen molar-refractivity contribution < 1.29 is 22.8 Å². The van der Waals surface area contributed by atoms with Gasteiger partial charge in [-0.15, -0.1) is 0 Å². The molecule has 1 aliphatic rings. The summed E-state index contributed by atoms with van der Waals surface area (Å²) in [5.74, 6) is -0.830. The van der Waals surface area contributed by atoms with Crippen molar-refractivity contribution in [2.45, 2.75) is 56.4 Å². The van der Waals surface area contributed by atoms with Crippen LogP contribution in [0.1, 0.15) is 44.3 Å². The molecule has 0 aromatic carbocycles. The summed E-state index contributed by atoms with van der Waals surface area (Å²) in [6, 6.07) is -0.202. The number of piperidine rings is 1. The summed E-state index contributed by atoms with van der Waals surface area (Å²) in [5, 5.41) is 12.2. The molecule has 1 saturated heterocycles. The Kier molecular flexibility index (Phi) is 5.07. The van der Waals surface area contributed by atoms with Crippen molar-refractivity contribution in [3.8, 4) is 0 Å². The summed E-state index contributed by atoms with van der Waals surface area (Å²) >= 11 is 0. The van der Waals surface area contributed by atoms with Crippen LogP contribution in [0, 0.1) is 6.92 Å². The van der Waals surface area contributed by atoms with Gasteiger partial charge in [-0.25, -0.2) is 8.42 Å². The average Bonchev–Trinajstić information content (AvgIpc) is 2.78. The molecule has 2 heterocycles. The Hall–Kier alpha value is -1.61. The van der Waals surface area contributed by atoms with Crippen molar-refractivity contribution in [2.24, 2.45) is 0 Å². The first-order valence-electron chi connectivity index (χ1n) is 7.29. The van der Waals surface area contributed by atoms with Crippen LogP contribution in [0.5, 0.6) is 0 Å². The van der Waals surface area contributed by atoms with Gasteiger partial charge in [-0.2, -0.15) is 4.31 Å². The smallest absolute Gasteiger partial charge is 0.303 e.